The number of nitriles is 1. The third-order valence-electron chi connectivity index (χ3n) is 5.70. The van der Waals surface area contributed by atoms with Crippen LogP contribution in [0, 0.1) is 11.3 Å². The molecule has 0 radical (unpaired) electrons. The van der Waals surface area contributed by atoms with E-state index < -0.39 is 5.54 Å². The van der Waals surface area contributed by atoms with Crippen molar-refractivity contribution >= 4 is 29.3 Å². The summed E-state index contributed by atoms with van der Waals surface area (Å²) in [7, 11) is 1.62. The highest BCUT2D eigenvalue weighted by atomic mass is 35.5. The zero-order valence-electron chi connectivity index (χ0n) is 18.3. The van der Waals surface area contributed by atoms with E-state index in [1.54, 1.807) is 19.2 Å². The third kappa shape index (κ3) is 5.32. The number of benzene rings is 2. The van der Waals surface area contributed by atoms with Gasteiger partial charge in [0.1, 0.15) is 11.3 Å². The highest BCUT2D eigenvalue weighted by Gasteiger charge is 2.33. The van der Waals surface area contributed by atoms with E-state index in [1.807, 2.05) is 41.0 Å². The maximum absolute atomic E-state index is 12.7. The van der Waals surface area contributed by atoms with E-state index in [4.69, 9.17) is 16.3 Å². The van der Waals surface area contributed by atoms with Crippen LogP contribution in [0.15, 0.2) is 53.7 Å². The van der Waals surface area contributed by atoms with Gasteiger partial charge in [-0.3, -0.25) is 9.36 Å². The molecule has 2 aromatic carbocycles. The van der Waals surface area contributed by atoms with E-state index in [-0.39, 0.29) is 11.7 Å². The Morgan fingerprint density at radius 1 is 1.15 bits per heavy atom. The normalized spacial score (nSPS) is 14.9. The maximum Gasteiger partial charge on any atom is 0.231 e. The molecule has 1 saturated carbocycles. The number of nitrogens with one attached hydrogen (secondary N) is 1. The number of halogens is 1. The Morgan fingerprint density at radius 2 is 1.85 bits per heavy atom. The van der Waals surface area contributed by atoms with Crippen LogP contribution in [0.4, 0.5) is 0 Å². The van der Waals surface area contributed by atoms with E-state index >= 15 is 0 Å². The molecule has 33 heavy (non-hydrogen) atoms. The molecule has 4 rings (SSSR count). The first-order valence-corrected chi connectivity index (χ1v) is 12.1. The van der Waals surface area contributed by atoms with Gasteiger partial charge in [-0.05, 0) is 61.4 Å². The fourth-order valence-corrected chi connectivity index (χ4v) is 4.84. The van der Waals surface area contributed by atoms with Crippen LogP contribution >= 0.6 is 23.4 Å². The molecule has 1 aliphatic rings. The number of carbonyl (C=O) groups excluding carboxylic acids is 1. The van der Waals surface area contributed by atoms with Gasteiger partial charge in [-0.15, -0.1) is 10.2 Å². The summed E-state index contributed by atoms with van der Waals surface area (Å²) in [5.74, 6) is 1.35. The molecule has 1 N–H and O–H groups in total. The Balaban J connectivity index is 1.58. The number of methoxy groups -OCH3 is 1. The van der Waals surface area contributed by atoms with Crippen LogP contribution in [0.5, 0.6) is 5.75 Å². The molecular weight excluding hydrogens is 458 g/mol. The number of hydrogen-bond acceptors (Lipinski definition) is 6. The summed E-state index contributed by atoms with van der Waals surface area (Å²) < 4.78 is 7.15. The fraction of sp³-hybridized carbons (Fsp3) is 0.333. The molecule has 0 atom stereocenters. The summed E-state index contributed by atoms with van der Waals surface area (Å²) in [6.07, 6.45) is 4.41. The molecule has 0 bridgehead atoms. The lowest BCUT2D eigenvalue weighted by Crippen LogP contribution is -2.49. The van der Waals surface area contributed by atoms with Crippen LogP contribution in [-0.2, 0) is 4.79 Å². The van der Waals surface area contributed by atoms with Crippen molar-refractivity contribution < 1.29 is 9.53 Å². The van der Waals surface area contributed by atoms with Crippen LogP contribution < -0.4 is 10.1 Å². The summed E-state index contributed by atoms with van der Waals surface area (Å²) >= 11 is 7.37. The van der Waals surface area contributed by atoms with Gasteiger partial charge in [0.25, 0.3) is 0 Å². The molecule has 9 heteroatoms. The second-order valence-corrected chi connectivity index (χ2v) is 9.32. The minimum absolute atomic E-state index is 0.137. The lowest BCUT2D eigenvalue weighted by molar-refractivity contribution is -0.120. The minimum Gasteiger partial charge on any atom is -0.497 e. The average Bonchev–Trinajstić information content (AvgIpc) is 3.28. The molecule has 1 heterocycles. The number of nitrogens with zero attached hydrogens (tertiary/aromatic N) is 4. The summed E-state index contributed by atoms with van der Waals surface area (Å²) in [6.45, 7) is 0. The zero-order valence-corrected chi connectivity index (χ0v) is 19.8. The standard InChI is InChI=1S/C24H24ClN5O2S/c1-32-20-11-5-17(6-12-20)22-28-29-23(30(22)19-9-7-18(25)8-10-19)33-15-21(31)27-24(16-26)13-3-2-4-14-24/h5-12H,2-4,13-15H2,1H3,(H,27,31). The first-order valence-electron chi connectivity index (χ1n) is 10.7. The number of aromatic nitrogens is 3. The van der Waals surface area contributed by atoms with Gasteiger partial charge in [-0.2, -0.15) is 5.26 Å². The summed E-state index contributed by atoms with van der Waals surface area (Å²) in [5.41, 5.74) is 0.938. The highest BCUT2D eigenvalue weighted by Crippen LogP contribution is 2.31. The van der Waals surface area contributed by atoms with E-state index in [0.29, 0.717) is 28.8 Å². The van der Waals surface area contributed by atoms with Gasteiger partial charge in [0.05, 0.1) is 18.9 Å². The Morgan fingerprint density at radius 3 is 2.48 bits per heavy atom. The predicted molar refractivity (Wildman–Crippen MR) is 129 cm³/mol. The zero-order chi connectivity index (χ0) is 23.3. The maximum atomic E-state index is 12.7. The highest BCUT2D eigenvalue weighted by molar-refractivity contribution is 7.99. The van der Waals surface area contributed by atoms with Crippen LogP contribution in [0.3, 0.4) is 0 Å². The van der Waals surface area contributed by atoms with Gasteiger partial charge >= 0.3 is 0 Å². The summed E-state index contributed by atoms with van der Waals surface area (Å²) in [4.78, 5) is 12.7. The van der Waals surface area contributed by atoms with E-state index in [9.17, 15) is 10.1 Å². The van der Waals surface area contributed by atoms with Crippen LogP contribution in [0.25, 0.3) is 17.1 Å². The van der Waals surface area contributed by atoms with Crippen molar-refractivity contribution in [2.45, 2.75) is 42.8 Å². The SMILES string of the molecule is COc1ccc(-c2nnc(SCC(=O)NC3(C#N)CCCCC3)n2-c2ccc(Cl)cc2)cc1. The average molecular weight is 482 g/mol. The van der Waals surface area contributed by atoms with Gasteiger partial charge in [-0.1, -0.05) is 42.6 Å². The van der Waals surface area contributed by atoms with E-state index in [2.05, 4.69) is 21.6 Å². The second-order valence-electron chi connectivity index (χ2n) is 7.94. The number of ether oxygens (including phenoxy) is 1. The van der Waals surface area contributed by atoms with Crippen molar-refractivity contribution in [3.8, 4) is 28.9 Å². The van der Waals surface area contributed by atoms with Crippen LogP contribution in [0.2, 0.25) is 5.02 Å². The molecule has 1 amide bonds. The number of carbonyl (C=O) groups is 1. The Bertz CT molecular complexity index is 1150. The van der Waals surface area contributed by atoms with Gasteiger partial charge in [-0.25, -0.2) is 0 Å². The predicted octanol–water partition coefficient (Wildman–Crippen LogP) is 5.03. The Kier molecular flexibility index (Phi) is 7.21. The molecule has 1 aromatic heterocycles. The van der Waals surface area contributed by atoms with Crippen molar-refractivity contribution in [3.63, 3.8) is 0 Å². The molecule has 0 saturated heterocycles. The minimum atomic E-state index is -0.756. The fourth-order valence-electron chi connectivity index (χ4n) is 3.97. The van der Waals surface area contributed by atoms with Crippen LogP contribution in [0.1, 0.15) is 32.1 Å². The summed E-state index contributed by atoms with van der Waals surface area (Å²) in [5, 5.41) is 22.6. The van der Waals surface area contributed by atoms with Crippen molar-refractivity contribution in [1.29, 1.82) is 5.26 Å². The first-order chi connectivity index (χ1) is 16.0. The number of amides is 1. The van der Waals surface area contributed by atoms with Gasteiger partial charge in [0, 0.05) is 16.3 Å². The lowest BCUT2D eigenvalue weighted by Gasteiger charge is -2.31. The van der Waals surface area contributed by atoms with Gasteiger partial charge in [0.2, 0.25) is 5.91 Å². The topological polar surface area (TPSA) is 92.8 Å². The first kappa shape index (κ1) is 23.1. The quantitative estimate of drug-likeness (QED) is 0.475. The van der Waals surface area contributed by atoms with Crippen molar-refractivity contribution in [2.75, 3.05) is 12.9 Å². The molecule has 170 valence electrons. The monoisotopic (exact) mass is 481 g/mol. The number of thioether (sulfide) groups is 1. The molecule has 7 nitrogen and oxygen atoms in total. The largest absolute Gasteiger partial charge is 0.497 e. The molecular formula is C24H24ClN5O2S. The van der Waals surface area contributed by atoms with Crippen molar-refractivity contribution in [3.05, 3.63) is 53.6 Å². The molecule has 0 spiro atoms. The molecule has 1 aliphatic carbocycles. The Hall–Kier alpha value is -3.02. The van der Waals surface area contributed by atoms with Crippen molar-refractivity contribution in [2.24, 2.45) is 0 Å². The van der Waals surface area contributed by atoms with Crippen LogP contribution in [-0.4, -0.2) is 39.1 Å². The van der Waals surface area contributed by atoms with Crippen molar-refractivity contribution in [1.82, 2.24) is 20.1 Å². The molecule has 0 unspecified atom stereocenters. The smallest absolute Gasteiger partial charge is 0.231 e. The van der Waals surface area contributed by atoms with E-state index in [1.165, 1.54) is 11.8 Å². The van der Waals surface area contributed by atoms with E-state index in [0.717, 1.165) is 36.3 Å². The van der Waals surface area contributed by atoms with Gasteiger partial charge < -0.3 is 10.1 Å². The second kappa shape index (κ2) is 10.3. The number of hydrogen-bond donors (Lipinski definition) is 1. The molecule has 0 aliphatic heterocycles. The van der Waals surface area contributed by atoms with Gasteiger partial charge in [0.15, 0.2) is 11.0 Å². The lowest BCUT2D eigenvalue weighted by atomic mass is 9.83. The Labute approximate surface area is 202 Å². The molecule has 3 aromatic rings. The third-order valence-corrected chi connectivity index (χ3v) is 6.88. The summed E-state index contributed by atoms with van der Waals surface area (Å²) in [6, 6.07) is 17.3. The number of rotatable bonds is 7. The molecule has 1 fully saturated rings.